The van der Waals surface area contributed by atoms with Crippen LogP contribution in [0.1, 0.15) is 0 Å². The molecule has 0 spiro atoms. The van der Waals surface area contributed by atoms with Gasteiger partial charge < -0.3 is 16.4 Å². The maximum Gasteiger partial charge on any atom is 0.462 e. The number of carboxylic acids is 1. The van der Waals surface area contributed by atoms with E-state index in [4.69, 9.17) is 10.6 Å². The quantitative estimate of drug-likeness (QED) is 0.199. The highest BCUT2D eigenvalue weighted by Crippen LogP contribution is 1.67. The first-order valence-electron chi connectivity index (χ1n) is 1.84. The Balaban J connectivity index is 4.59. The molecule has 1 amide bonds. The molecule has 0 aliphatic heterocycles. The zero-order chi connectivity index (χ0) is 7.44. The van der Waals surface area contributed by atoms with Crippen LogP contribution in [0.4, 0.5) is 0 Å². The number of carbonyl (C=O) groups is 2. The SMILES string of the molecule is [N-]=[N+]=C(C(N)=O)C(=O)O. The third kappa shape index (κ3) is 1.70. The van der Waals surface area contributed by atoms with Crippen molar-refractivity contribution in [2.24, 2.45) is 5.73 Å². The predicted octanol–water partition coefficient (Wildman–Crippen LogP) is -1.77. The molecular formula is C3H3N3O3. The molecule has 9 heavy (non-hydrogen) atoms. The van der Waals surface area contributed by atoms with Crippen molar-refractivity contribution in [1.82, 2.24) is 0 Å². The number of nitrogens with zero attached hydrogens (tertiary/aromatic N) is 2. The molecule has 0 rings (SSSR count). The lowest BCUT2D eigenvalue weighted by molar-refractivity contribution is -0.136. The zero-order valence-electron chi connectivity index (χ0n) is 4.24. The van der Waals surface area contributed by atoms with E-state index in [2.05, 4.69) is 10.5 Å². The lowest BCUT2D eigenvalue weighted by atomic mass is 10.4. The Morgan fingerprint density at radius 2 is 2.00 bits per heavy atom. The first kappa shape index (κ1) is 7.32. The Hall–Kier alpha value is -1.68. The lowest BCUT2D eigenvalue weighted by Crippen LogP contribution is -2.31. The van der Waals surface area contributed by atoms with Crippen LogP contribution in [-0.4, -0.2) is 27.5 Å². The van der Waals surface area contributed by atoms with E-state index in [1.807, 2.05) is 0 Å². The molecule has 0 aromatic rings. The number of hydrogen-bond donors (Lipinski definition) is 2. The van der Waals surface area contributed by atoms with Crippen molar-refractivity contribution in [2.45, 2.75) is 0 Å². The van der Waals surface area contributed by atoms with Gasteiger partial charge in [0.2, 0.25) is 0 Å². The molecule has 0 unspecified atom stereocenters. The van der Waals surface area contributed by atoms with E-state index in [9.17, 15) is 9.59 Å². The highest BCUT2D eigenvalue weighted by atomic mass is 16.4. The van der Waals surface area contributed by atoms with Gasteiger partial charge in [0, 0.05) is 0 Å². The monoisotopic (exact) mass is 129 g/mol. The Labute approximate surface area is 49.5 Å². The predicted molar refractivity (Wildman–Crippen MR) is 25.5 cm³/mol. The van der Waals surface area contributed by atoms with Crippen LogP contribution in [-0.2, 0) is 9.59 Å². The smallest absolute Gasteiger partial charge is 0.462 e. The van der Waals surface area contributed by atoms with E-state index in [0.717, 1.165) is 0 Å². The molecule has 0 aliphatic rings. The Morgan fingerprint density at radius 1 is 1.56 bits per heavy atom. The van der Waals surface area contributed by atoms with Gasteiger partial charge in [-0.3, -0.25) is 4.79 Å². The van der Waals surface area contributed by atoms with Crippen molar-refractivity contribution < 1.29 is 19.5 Å². The minimum atomic E-state index is -1.65. The van der Waals surface area contributed by atoms with Gasteiger partial charge in [-0.05, 0) is 0 Å². The van der Waals surface area contributed by atoms with Crippen molar-refractivity contribution >= 4 is 17.6 Å². The van der Waals surface area contributed by atoms with E-state index in [-0.39, 0.29) is 0 Å². The summed E-state index contributed by atoms with van der Waals surface area (Å²) in [6.45, 7) is 0. The van der Waals surface area contributed by atoms with E-state index in [1.165, 1.54) is 0 Å². The van der Waals surface area contributed by atoms with Gasteiger partial charge >= 0.3 is 17.6 Å². The fraction of sp³-hybridized carbons (Fsp3) is 0. The van der Waals surface area contributed by atoms with E-state index < -0.39 is 17.6 Å². The van der Waals surface area contributed by atoms with Crippen molar-refractivity contribution in [2.75, 3.05) is 0 Å². The summed E-state index contributed by atoms with van der Waals surface area (Å²) in [7, 11) is 0. The second kappa shape index (κ2) is 2.58. The topological polar surface area (TPSA) is 117 Å². The van der Waals surface area contributed by atoms with Crippen LogP contribution in [0.2, 0.25) is 0 Å². The third-order valence-electron chi connectivity index (χ3n) is 0.536. The molecular weight excluding hydrogens is 126 g/mol. The van der Waals surface area contributed by atoms with Gasteiger partial charge in [-0.2, -0.15) is 4.79 Å². The average Bonchev–Trinajstić information content (AvgIpc) is 1.64. The van der Waals surface area contributed by atoms with Gasteiger partial charge in [-0.25, -0.2) is 4.79 Å². The summed E-state index contributed by atoms with van der Waals surface area (Å²) in [4.78, 5) is 21.8. The Bertz CT molecular complexity index is 186. The average molecular weight is 129 g/mol. The minimum Gasteiger partial charge on any atom is -0.472 e. The number of hydrogen-bond acceptors (Lipinski definition) is 2. The van der Waals surface area contributed by atoms with Crippen LogP contribution in [0.5, 0.6) is 0 Å². The molecule has 3 N–H and O–H groups in total. The summed E-state index contributed by atoms with van der Waals surface area (Å²) in [5.74, 6) is -2.92. The van der Waals surface area contributed by atoms with Crippen LogP contribution in [0, 0.1) is 0 Å². The number of nitrogens with two attached hydrogens (primary N) is 1. The number of aliphatic carboxylic acids is 1. The van der Waals surface area contributed by atoms with Gasteiger partial charge in [-0.15, -0.1) is 0 Å². The van der Waals surface area contributed by atoms with Crippen LogP contribution in [0.15, 0.2) is 0 Å². The van der Waals surface area contributed by atoms with E-state index >= 15 is 0 Å². The molecule has 48 valence electrons. The van der Waals surface area contributed by atoms with Gasteiger partial charge in [-0.1, -0.05) is 0 Å². The van der Waals surface area contributed by atoms with Gasteiger partial charge in [0.15, 0.2) is 0 Å². The van der Waals surface area contributed by atoms with Crippen molar-refractivity contribution in [3.63, 3.8) is 0 Å². The minimum absolute atomic E-state index is 1.07. The van der Waals surface area contributed by atoms with Crippen LogP contribution in [0.25, 0.3) is 5.53 Å². The van der Waals surface area contributed by atoms with E-state index in [1.54, 1.807) is 0 Å². The van der Waals surface area contributed by atoms with Crippen LogP contribution in [0.3, 0.4) is 0 Å². The Morgan fingerprint density at radius 3 is 2.00 bits per heavy atom. The first-order valence-corrected chi connectivity index (χ1v) is 1.84. The van der Waals surface area contributed by atoms with Gasteiger partial charge in [0.25, 0.3) is 0 Å². The standard InChI is InChI=1S/C3H3N3O3/c4-2(7)1(6-5)3(8)9/h(H2,4,7)(H,8,9). The first-order chi connectivity index (χ1) is 4.09. The van der Waals surface area contributed by atoms with Crippen molar-refractivity contribution in [3.8, 4) is 0 Å². The second-order valence-corrected chi connectivity index (χ2v) is 1.12. The normalized spacial score (nSPS) is 7.56. The highest BCUT2D eigenvalue weighted by molar-refractivity contribution is 6.61. The molecule has 0 saturated heterocycles. The molecule has 6 nitrogen and oxygen atoms in total. The van der Waals surface area contributed by atoms with Gasteiger partial charge in [0.1, 0.15) is 0 Å². The number of carbonyl (C=O) groups excluding carboxylic acids is 1. The molecule has 0 heterocycles. The highest BCUT2D eigenvalue weighted by Gasteiger charge is 2.25. The number of rotatable bonds is 2. The Kier molecular flexibility index (Phi) is 2.10. The molecule has 0 aromatic heterocycles. The molecule has 0 aliphatic carbocycles. The molecule has 0 bridgehead atoms. The third-order valence-corrected chi connectivity index (χ3v) is 0.536. The lowest BCUT2D eigenvalue weighted by Gasteiger charge is -1.77. The summed E-state index contributed by atoms with van der Waals surface area (Å²) < 4.78 is 0. The maximum atomic E-state index is 9.92. The molecule has 0 atom stereocenters. The second-order valence-electron chi connectivity index (χ2n) is 1.12. The number of amides is 1. The van der Waals surface area contributed by atoms with Crippen molar-refractivity contribution in [3.05, 3.63) is 5.53 Å². The van der Waals surface area contributed by atoms with Crippen LogP contribution >= 0.6 is 0 Å². The number of carboxylic acid groups (broad SMARTS) is 1. The fourth-order valence-electron chi connectivity index (χ4n) is 0.197. The molecule has 6 heteroatoms. The maximum absolute atomic E-state index is 9.92. The summed E-state index contributed by atoms with van der Waals surface area (Å²) in [6, 6.07) is 0. The molecule has 0 radical (unpaired) electrons. The van der Waals surface area contributed by atoms with Gasteiger partial charge in [0.05, 0.1) is 0 Å². The largest absolute Gasteiger partial charge is 0.472 e. The zero-order valence-corrected chi connectivity index (χ0v) is 4.24. The summed E-state index contributed by atoms with van der Waals surface area (Å²) in [5.41, 5.74) is 11.1. The number of primary amides is 1. The summed E-state index contributed by atoms with van der Waals surface area (Å²) in [5, 5.41) is 7.95. The summed E-state index contributed by atoms with van der Waals surface area (Å²) >= 11 is 0. The fourth-order valence-corrected chi connectivity index (χ4v) is 0.197. The van der Waals surface area contributed by atoms with E-state index in [0.29, 0.717) is 0 Å². The molecule has 0 aromatic carbocycles. The molecule has 0 saturated carbocycles. The van der Waals surface area contributed by atoms with Crippen molar-refractivity contribution in [1.29, 1.82) is 0 Å². The molecule has 0 fully saturated rings. The van der Waals surface area contributed by atoms with Crippen LogP contribution < -0.4 is 5.73 Å². The summed E-state index contributed by atoms with van der Waals surface area (Å²) in [6.07, 6.45) is 0.